The molecule has 0 amide bonds. The average molecular weight is 227 g/mol. The van der Waals surface area contributed by atoms with E-state index in [4.69, 9.17) is 0 Å². The van der Waals surface area contributed by atoms with Crippen molar-refractivity contribution in [2.45, 2.75) is 0 Å². The second kappa shape index (κ2) is 4.70. The first-order valence-corrected chi connectivity index (χ1v) is 5.33. The molecule has 0 saturated heterocycles. The van der Waals surface area contributed by atoms with Gasteiger partial charge in [0, 0.05) is 18.2 Å². The molecule has 2 aromatic carbocycles. The van der Waals surface area contributed by atoms with Crippen molar-refractivity contribution in [3.8, 4) is 5.75 Å². The fourth-order valence-electron chi connectivity index (χ4n) is 1.64. The zero-order chi connectivity index (χ0) is 12.3. The summed E-state index contributed by atoms with van der Waals surface area (Å²) in [5.74, 6) is -0.0159. The highest BCUT2D eigenvalue weighted by Crippen LogP contribution is 2.24. The molecule has 2 N–H and O–H groups in total. The Kier molecular flexibility index (Phi) is 3.10. The number of ketones is 1. The zero-order valence-corrected chi connectivity index (χ0v) is 9.47. The molecule has 0 unspecified atom stereocenters. The van der Waals surface area contributed by atoms with E-state index < -0.39 is 0 Å². The molecule has 3 heteroatoms. The molecule has 17 heavy (non-hydrogen) atoms. The maximum absolute atomic E-state index is 12.1. The van der Waals surface area contributed by atoms with Crippen molar-refractivity contribution >= 4 is 11.5 Å². The summed E-state index contributed by atoms with van der Waals surface area (Å²) in [7, 11) is 1.72. The van der Waals surface area contributed by atoms with Crippen molar-refractivity contribution in [1.82, 2.24) is 0 Å². The van der Waals surface area contributed by atoms with E-state index in [1.807, 2.05) is 18.2 Å². The van der Waals surface area contributed by atoms with Crippen LogP contribution in [0, 0.1) is 0 Å². The third-order valence-corrected chi connectivity index (χ3v) is 2.57. The van der Waals surface area contributed by atoms with Crippen LogP contribution in [0.2, 0.25) is 0 Å². The Hall–Kier alpha value is -2.29. The Morgan fingerprint density at radius 2 is 1.76 bits per heavy atom. The minimum absolute atomic E-state index is 0.0780. The van der Waals surface area contributed by atoms with Crippen LogP contribution in [-0.2, 0) is 0 Å². The van der Waals surface area contributed by atoms with Crippen LogP contribution in [0.15, 0.2) is 48.5 Å². The van der Waals surface area contributed by atoms with Gasteiger partial charge < -0.3 is 10.4 Å². The van der Waals surface area contributed by atoms with Gasteiger partial charge in [-0.2, -0.15) is 0 Å². The van der Waals surface area contributed by atoms with Crippen molar-refractivity contribution in [3.63, 3.8) is 0 Å². The number of rotatable bonds is 3. The van der Waals surface area contributed by atoms with Crippen molar-refractivity contribution in [2.75, 3.05) is 12.4 Å². The molecular weight excluding hydrogens is 214 g/mol. The first-order chi connectivity index (χ1) is 8.22. The molecule has 0 heterocycles. The van der Waals surface area contributed by atoms with Crippen LogP contribution < -0.4 is 5.32 Å². The van der Waals surface area contributed by atoms with Gasteiger partial charge in [0.2, 0.25) is 0 Å². The van der Waals surface area contributed by atoms with Gasteiger partial charge in [-0.25, -0.2) is 0 Å². The van der Waals surface area contributed by atoms with Crippen LogP contribution in [-0.4, -0.2) is 17.9 Å². The number of benzene rings is 2. The van der Waals surface area contributed by atoms with Gasteiger partial charge in [-0.15, -0.1) is 0 Å². The van der Waals surface area contributed by atoms with Crippen LogP contribution in [0.1, 0.15) is 15.9 Å². The number of carbonyl (C=O) groups is 1. The number of carbonyl (C=O) groups excluding carboxylic acids is 1. The molecule has 0 bridgehead atoms. The van der Waals surface area contributed by atoms with Crippen LogP contribution in [0.5, 0.6) is 5.75 Å². The lowest BCUT2D eigenvalue weighted by Crippen LogP contribution is -2.01. The van der Waals surface area contributed by atoms with Gasteiger partial charge in [0.15, 0.2) is 5.78 Å². The molecule has 2 rings (SSSR count). The molecular formula is C14H13NO2. The summed E-state index contributed by atoms with van der Waals surface area (Å²) in [6.07, 6.45) is 0. The fraction of sp³-hybridized carbons (Fsp3) is 0.0714. The summed E-state index contributed by atoms with van der Waals surface area (Å²) in [6.45, 7) is 0. The predicted molar refractivity (Wildman–Crippen MR) is 67.5 cm³/mol. The van der Waals surface area contributed by atoms with Gasteiger partial charge >= 0.3 is 0 Å². The fourth-order valence-corrected chi connectivity index (χ4v) is 1.64. The van der Waals surface area contributed by atoms with Gasteiger partial charge in [0.1, 0.15) is 5.75 Å². The molecule has 0 aliphatic rings. The summed E-state index contributed by atoms with van der Waals surface area (Å²) >= 11 is 0. The van der Waals surface area contributed by atoms with Crippen LogP contribution in [0.4, 0.5) is 5.69 Å². The first-order valence-electron chi connectivity index (χ1n) is 5.33. The second-order valence-corrected chi connectivity index (χ2v) is 3.68. The molecule has 86 valence electrons. The van der Waals surface area contributed by atoms with Crippen LogP contribution in [0.3, 0.4) is 0 Å². The largest absolute Gasteiger partial charge is 0.506 e. The van der Waals surface area contributed by atoms with Gasteiger partial charge in [-0.3, -0.25) is 4.79 Å². The summed E-state index contributed by atoms with van der Waals surface area (Å²) in [5, 5.41) is 12.5. The molecule has 0 aromatic heterocycles. The third-order valence-electron chi connectivity index (χ3n) is 2.57. The number of nitrogens with one attached hydrogen (secondary N) is 1. The average Bonchev–Trinajstić information content (AvgIpc) is 2.39. The number of aromatic hydroxyl groups is 1. The lowest BCUT2D eigenvalue weighted by Gasteiger charge is -2.06. The van der Waals surface area contributed by atoms with E-state index in [9.17, 15) is 9.90 Å². The second-order valence-electron chi connectivity index (χ2n) is 3.68. The van der Waals surface area contributed by atoms with E-state index in [0.29, 0.717) is 16.8 Å². The number of hydrogen-bond acceptors (Lipinski definition) is 3. The highest BCUT2D eigenvalue weighted by molar-refractivity contribution is 6.09. The monoisotopic (exact) mass is 227 g/mol. The van der Waals surface area contributed by atoms with E-state index in [-0.39, 0.29) is 11.5 Å². The number of phenols is 1. The molecule has 0 radical (unpaired) electrons. The normalized spacial score (nSPS) is 9.94. The van der Waals surface area contributed by atoms with E-state index in [1.54, 1.807) is 31.3 Å². The summed E-state index contributed by atoms with van der Waals surface area (Å²) in [4.78, 5) is 12.1. The van der Waals surface area contributed by atoms with E-state index in [0.717, 1.165) is 0 Å². The molecule has 0 spiro atoms. The Bertz CT molecular complexity index is 535. The lowest BCUT2D eigenvalue weighted by atomic mass is 10.0. The highest BCUT2D eigenvalue weighted by atomic mass is 16.3. The quantitative estimate of drug-likeness (QED) is 0.626. The summed E-state index contributed by atoms with van der Waals surface area (Å²) in [6, 6.07) is 13.9. The molecule has 0 atom stereocenters. The van der Waals surface area contributed by atoms with Crippen LogP contribution >= 0.6 is 0 Å². The summed E-state index contributed by atoms with van der Waals surface area (Å²) < 4.78 is 0. The zero-order valence-electron chi connectivity index (χ0n) is 9.47. The van der Waals surface area contributed by atoms with Gasteiger partial charge in [0.05, 0.1) is 5.69 Å². The standard InChI is InChI=1S/C14H13NO2/c1-15-12-8-7-11(9-13(12)16)14(17)10-5-3-2-4-6-10/h2-9,15-16H,1H3. The Morgan fingerprint density at radius 3 is 2.35 bits per heavy atom. The van der Waals surface area contributed by atoms with E-state index >= 15 is 0 Å². The van der Waals surface area contributed by atoms with Crippen molar-refractivity contribution < 1.29 is 9.90 Å². The maximum Gasteiger partial charge on any atom is 0.193 e. The van der Waals surface area contributed by atoms with Gasteiger partial charge in [0.25, 0.3) is 0 Å². The van der Waals surface area contributed by atoms with Gasteiger partial charge in [-0.1, -0.05) is 30.3 Å². The van der Waals surface area contributed by atoms with Crippen molar-refractivity contribution in [2.24, 2.45) is 0 Å². The highest BCUT2D eigenvalue weighted by Gasteiger charge is 2.10. The first kappa shape index (κ1) is 11.2. The molecule has 0 fully saturated rings. The van der Waals surface area contributed by atoms with Gasteiger partial charge in [-0.05, 0) is 18.2 Å². The molecule has 3 nitrogen and oxygen atoms in total. The van der Waals surface area contributed by atoms with E-state index in [2.05, 4.69) is 5.32 Å². The van der Waals surface area contributed by atoms with Crippen molar-refractivity contribution in [1.29, 1.82) is 0 Å². The topological polar surface area (TPSA) is 49.3 Å². The maximum atomic E-state index is 12.1. The minimum Gasteiger partial charge on any atom is -0.506 e. The Morgan fingerprint density at radius 1 is 1.06 bits per heavy atom. The molecule has 2 aromatic rings. The molecule has 0 aliphatic heterocycles. The SMILES string of the molecule is CNc1ccc(C(=O)c2ccccc2)cc1O. The number of anilines is 1. The minimum atomic E-state index is -0.0939. The lowest BCUT2D eigenvalue weighted by molar-refractivity contribution is 0.103. The Balaban J connectivity index is 2.35. The predicted octanol–water partition coefficient (Wildman–Crippen LogP) is 2.66. The summed E-state index contributed by atoms with van der Waals surface area (Å²) in [5.41, 5.74) is 1.70. The number of hydrogen-bond donors (Lipinski definition) is 2. The van der Waals surface area contributed by atoms with Crippen LogP contribution in [0.25, 0.3) is 0 Å². The molecule has 0 aliphatic carbocycles. The Labute approximate surface area is 99.7 Å². The van der Waals surface area contributed by atoms with Crippen molar-refractivity contribution in [3.05, 3.63) is 59.7 Å². The number of phenolic OH excluding ortho intramolecular Hbond substituents is 1. The smallest absolute Gasteiger partial charge is 0.193 e. The molecule has 0 saturated carbocycles. The van der Waals surface area contributed by atoms with E-state index in [1.165, 1.54) is 6.07 Å². The third kappa shape index (κ3) is 2.28.